The quantitative estimate of drug-likeness (QED) is 0.628. The molecule has 5 nitrogen and oxygen atoms in total. The Morgan fingerprint density at radius 3 is 2.56 bits per heavy atom. The van der Waals surface area contributed by atoms with E-state index in [4.69, 9.17) is 4.74 Å². The molecule has 1 aromatic rings. The molecular weight excluding hydrogens is 208 g/mol. The molecule has 86 valence electrons. The minimum Gasteiger partial charge on any atom is -0.496 e. The van der Waals surface area contributed by atoms with Gasteiger partial charge in [0.05, 0.1) is 12.0 Å². The minimum absolute atomic E-state index is 0.0151. The van der Waals surface area contributed by atoms with Crippen molar-refractivity contribution in [3.63, 3.8) is 0 Å². The van der Waals surface area contributed by atoms with E-state index in [9.17, 15) is 10.1 Å². The Labute approximate surface area is 93.9 Å². The lowest BCUT2D eigenvalue weighted by Gasteiger charge is -2.10. The van der Waals surface area contributed by atoms with Crippen LogP contribution in [0.1, 0.15) is 12.5 Å². The Balaban J connectivity index is 3.46. The first-order valence-corrected chi connectivity index (χ1v) is 4.71. The number of allylic oxidation sites excluding steroid dienone is 1. The van der Waals surface area contributed by atoms with E-state index in [1.165, 1.54) is 13.2 Å². The molecule has 0 bridgehead atoms. The fraction of sp³-hybridized carbons (Fsp3) is 0.273. The van der Waals surface area contributed by atoms with Gasteiger partial charge < -0.3 is 10.1 Å². The first kappa shape index (κ1) is 12.0. The summed E-state index contributed by atoms with van der Waals surface area (Å²) in [5.41, 5.74) is 1.81. The summed E-state index contributed by atoms with van der Waals surface area (Å²) in [6, 6.07) is 3.06. The van der Waals surface area contributed by atoms with Gasteiger partial charge in [-0.05, 0) is 12.5 Å². The molecule has 1 N–H and O–H groups in total. The van der Waals surface area contributed by atoms with Crippen LogP contribution in [0.25, 0.3) is 5.57 Å². The smallest absolute Gasteiger partial charge is 0.293 e. The highest BCUT2D eigenvalue weighted by Gasteiger charge is 2.17. The van der Waals surface area contributed by atoms with Crippen molar-refractivity contribution in [2.45, 2.75) is 6.92 Å². The Kier molecular flexibility index (Phi) is 3.50. The molecule has 5 heteroatoms. The number of hydrogen-bond acceptors (Lipinski definition) is 4. The van der Waals surface area contributed by atoms with Gasteiger partial charge in [-0.1, -0.05) is 6.58 Å². The number of hydrogen-bond donors (Lipinski definition) is 1. The Morgan fingerprint density at radius 2 is 2.19 bits per heavy atom. The van der Waals surface area contributed by atoms with Gasteiger partial charge in [-0.2, -0.15) is 0 Å². The number of anilines is 1. The maximum atomic E-state index is 10.9. The van der Waals surface area contributed by atoms with E-state index in [1.54, 1.807) is 20.0 Å². The lowest BCUT2D eigenvalue weighted by atomic mass is 10.1. The molecule has 0 aliphatic heterocycles. The normalized spacial score (nSPS) is 9.69. The Morgan fingerprint density at radius 1 is 1.56 bits per heavy atom. The first-order chi connectivity index (χ1) is 7.51. The summed E-state index contributed by atoms with van der Waals surface area (Å²) in [7, 11) is 3.15. The highest BCUT2D eigenvalue weighted by molar-refractivity contribution is 5.76. The summed E-state index contributed by atoms with van der Waals surface area (Å²) in [5, 5.41) is 13.6. The molecule has 0 radical (unpaired) electrons. The first-order valence-electron chi connectivity index (χ1n) is 4.71. The molecule has 0 amide bonds. The standard InChI is InChI=1S/C11H14N2O3/c1-7(2)8-5-10(13(14)15)9(12-3)6-11(8)16-4/h5-6,12H,1H2,2-4H3. The molecule has 0 fully saturated rings. The van der Waals surface area contributed by atoms with Crippen LogP contribution in [0.2, 0.25) is 0 Å². The van der Waals surface area contributed by atoms with Gasteiger partial charge in [0.25, 0.3) is 5.69 Å². The number of nitro benzene ring substituents is 1. The van der Waals surface area contributed by atoms with E-state index in [2.05, 4.69) is 11.9 Å². The number of nitrogens with one attached hydrogen (secondary N) is 1. The largest absolute Gasteiger partial charge is 0.496 e. The molecular formula is C11H14N2O3. The Bertz CT molecular complexity index is 404. The third kappa shape index (κ3) is 2.13. The Hall–Kier alpha value is -2.04. The maximum Gasteiger partial charge on any atom is 0.293 e. The van der Waals surface area contributed by atoms with Gasteiger partial charge in [-0.3, -0.25) is 10.1 Å². The topological polar surface area (TPSA) is 64.4 Å². The van der Waals surface area contributed by atoms with E-state index in [0.717, 1.165) is 5.57 Å². The van der Waals surface area contributed by atoms with E-state index in [1.807, 2.05) is 0 Å². The number of ether oxygens (including phenoxy) is 1. The van der Waals surface area contributed by atoms with Gasteiger partial charge in [-0.25, -0.2) is 0 Å². The van der Waals surface area contributed by atoms with Crippen molar-refractivity contribution in [3.8, 4) is 5.75 Å². The fourth-order valence-corrected chi connectivity index (χ4v) is 1.42. The molecule has 0 saturated carbocycles. The van der Waals surface area contributed by atoms with Crippen LogP contribution < -0.4 is 10.1 Å². The summed E-state index contributed by atoms with van der Waals surface area (Å²) in [5.74, 6) is 0.572. The molecule has 0 unspecified atom stereocenters. The predicted octanol–water partition coefficient (Wildman–Crippen LogP) is 2.68. The van der Waals surface area contributed by atoms with E-state index in [0.29, 0.717) is 17.0 Å². The van der Waals surface area contributed by atoms with Crippen LogP contribution in [0.5, 0.6) is 5.75 Å². The number of nitro groups is 1. The number of nitrogens with zero attached hydrogens (tertiary/aromatic N) is 1. The number of rotatable bonds is 4. The van der Waals surface area contributed by atoms with Crippen LogP contribution in [0.15, 0.2) is 18.7 Å². The van der Waals surface area contributed by atoms with Crippen molar-refractivity contribution in [1.29, 1.82) is 0 Å². The lowest BCUT2D eigenvalue weighted by Crippen LogP contribution is -1.99. The molecule has 0 saturated heterocycles. The van der Waals surface area contributed by atoms with Crippen molar-refractivity contribution in [2.24, 2.45) is 0 Å². The third-order valence-corrected chi connectivity index (χ3v) is 2.24. The van der Waals surface area contributed by atoms with Gasteiger partial charge in [0.15, 0.2) is 0 Å². The van der Waals surface area contributed by atoms with Crippen LogP contribution >= 0.6 is 0 Å². The predicted molar refractivity (Wildman–Crippen MR) is 63.9 cm³/mol. The summed E-state index contributed by atoms with van der Waals surface area (Å²) < 4.78 is 5.16. The molecule has 0 aliphatic carbocycles. The number of methoxy groups -OCH3 is 1. The number of benzene rings is 1. The zero-order valence-electron chi connectivity index (χ0n) is 9.53. The van der Waals surface area contributed by atoms with Crippen molar-refractivity contribution < 1.29 is 9.66 Å². The second-order valence-corrected chi connectivity index (χ2v) is 3.36. The van der Waals surface area contributed by atoms with Crippen molar-refractivity contribution in [3.05, 3.63) is 34.4 Å². The third-order valence-electron chi connectivity index (χ3n) is 2.24. The molecule has 0 spiro atoms. The summed E-state index contributed by atoms with van der Waals surface area (Å²) in [6.45, 7) is 5.55. The zero-order chi connectivity index (χ0) is 12.3. The van der Waals surface area contributed by atoms with Gasteiger partial charge in [0.2, 0.25) is 0 Å². The summed E-state index contributed by atoms with van der Waals surface area (Å²) >= 11 is 0. The van der Waals surface area contributed by atoms with Crippen LogP contribution in [0.4, 0.5) is 11.4 Å². The molecule has 0 aromatic heterocycles. The van der Waals surface area contributed by atoms with Crippen LogP contribution in [0.3, 0.4) is 0 Å². The van der Waals surface area contributed by atoms with Crippen LogP contribution in [-0.4, -0.2) is 19.1 Å². The minimum atomic E-state index is -0.433. The molecule has 16 heavy (non-hydrogen) atoms. The van der Waals surface area contributed by atoms with Gasteiger partial charge in [-0.15, -0.1) is 0 Å². The van der Waals surface area contributed by atoms with Crippen LogP contribution in [0, 0.1) is 10.1 Å². The fourth-order valence-electron chi connectivity index (χ4n) is 1.42. The van der Waals surface area contributed by atoms with Gasteiger partial charge in [0, 0.05) is 24.7 Å². The second kappa shape index (κ2) is 4.65. The molecule has 0 atom stereocenters. The van der Waals surface area contributed by atoms with E-state index < -0.39 is 4.92 Å². The van der Waals surface area contributed by atoms with Gasteiger partial charge >= 0.3 is 0 Å². The SMILES string of the molecule is C=C(C)c1cc([N+](=O)[O-])c(NC)cc1OC. The maximum absolute atomic E-state index is 10.9. The van der Waals surface area contributed by atoms with Crippen molar-refractivity contribution in [2.75, 3.05) is 19.5 Å². The zero-order valence-corrected chi connectivity index (χ0v) is 9.53. The van der Waals surface area contributed by atoms with Gasteiger partial charge in [0.1, 0.15) is 11.4 Å². The molecule has 1 aromatic carbocycles. The van der Waals surface area contributed by atoms with E-state index in [-0.39, 0.29) is 5.69 Å². The summed E-state index contributed by atoms with van der Waals surface area (Å²) in [4.78, 5) is 10.4. The average molecular weight is 222 g/mol. The molecule has 0 heterocycles. The molecule has 0 aliphatic rings. The van der Waals surface area contributed by atoms with Crippen LogP contribution in [-0.2, 0) is 0 Å². The second-order valence-electron chi connectivity index (χ2n) is 3.36. The highest BCUT2D eigenvalue weighted by atomic mass is 16.6. The molecule has 1 rings (SSSR count). The van der Waals surface area contributed by atoms with Crippen molar-refractivity contribution >= 4 is 16.9 Å². The highest BCUT2D eigenvalue weighted by Crippen LogP contribution is 2.35. The van der Waals surface area contributed by atoms with E-state index >= 15 is 0 Å². The average Bonchev–Trinajstić information content (AvgIpc) is 2.26. The van der Waals surface area contributed by atoms with Crippen molar-refractivity contribution in [1.82, 2.24) is 0 Å². The summed E-state index contributed by atoms with van der Waals surface area (Å²) in [6.07, 6.45) is 0. The lowest BCUT2D eigenvalue weighted by molar-refractivity contribution is -0.384. The monoisotopic (exact) mass is 222 g/mol.